The summed E-state index contributed by atoms with van der Waals surface area (Å²) in [6.07, 6.45) is 1.37. The summed E-state index contributed by atoms with van der Waals surface area (Å²) in [6, 6.07) is 5.88. The van der Waals surface area contributed by atoms with Gasteiger partial charge in [0.15, 0.2) is 0 Å². The molecule has 0 aliphatic carbocycles. The lowest BCUT2D eigenvalue weighted by Crippen LogP contribution is -2.36. The SMILES string of the molecule is Cc1cc(=O)oc2cc(NC(=O)C(N)CCCCNC(=O)OC(C)(C)C)ccc12. The Morgan fingerprint density at radius 2 is 1.93 bits per heavy atom. The molecule has 0 radical (unpaired) electrons. The summed E-state index contributed by atoms with van der Waals surface area (Å²) < 4.78 is 10.3. The van der Waals surface area contributed by atoms with Crippen LogP contribution in [0.1, 0.15) is 45.6 Å². The maximum absolute atomic E-state index is 12.3. The highest BCUT2D eigenvalue weighted by Crippen LogP contribution is 2.21. The van der Waals surface area contributed by atoms with Crippen molar-refractivity contribution in [2.45, 2.75) is 58.6 Å². The Kier molecular flexibility index (Phi) is 7.39. The summed E-state index contributed by atoms with van der Waals surface area (Å²) in [5.74, 6) is -0.320. The van der Waals surface area contributed by atoms with Crippen molar-refractivity contribution >= 4 is 28.7 Å². The van der Waals surface area contributed by atoms with Gasteiger partial charge in [0.2, 0.25) is 5.91 Å². The molecule has 0 bridgehead atoms. The Morgan fingerprint density at radius 3 is 2.62 bits per heavy atom. The molecule has 0 aliphatic rings. The molecule has 2 amide bonds. The van der Waals surface area contributed by atoms with Crippen LogP contribution in [0.5, 0.6) is 0 Å². The largest absolute Gasteiger partial charge is 0.444 e. The number of carbonyl (C=O) groups excluding carboxylic acids is 2. The van der Waals surface area contributed by atoms with Crippen LogP contribution >= 0.6 is 0 Å². The van der Waals surface area contributed by atoms with Crippen molar-refractivity contribution in [2.24, 2.45) is 5.73 Å². The van der Waals surface area contributed by atoms with E-state index in [1.54, 1.807) is 39.0 Å². The second-order valence-corrected chi connectivity index (χ2v) is 7.98. The van der Waals surface area contributed by atoms with Crippen molar-refractivity contribution in [1.82, 2.24) is 5.32 Å². The first kappa shape index (κ1) is 22.4. The molecule has 1 aromatic carbocycles. The van der Waals surface area contributed by atoms with Crippen LogP contribution in [0.25, 0.3) is 11.0 Å². The van der Waals surface area contributed by atoms with Crippen LogP contribution in [0, 0.1) is 6.92 Å². The second kappa shape index (κ2) is 9.56. The fourth-order valence-corrected chi connectivity index (χ4v) is 2.76. The van der Waals surface area contributed by atoms with Gasteiger partial charge in [-0.1, -0.05) is 0 Å². The second-order valence-electron chi connectivity index (χ2n) is 7.98. The number of alkyl carbamates (subject to hydrolysis) is 1. The average molecular weight is 403 g/mol. The summed E-state index contributed by atoms with van der Waals surface area (Å²) in [7, 11) is 0. The van der Waals surface area contributed by atoms with Gasteiger partial charge in [0, 0.05) is 29.8 Å². The number of benzene rings is 1. The maximum atomic E-state index is 12.3. The van der Waals surface area contributed by atoms with Gasteiger partial charge in [0.1, 0.15) is 11.2 Å². The number of anilines is 1. The standard InChI is InChI=1S/C21H29N3O5/c1-13-11-18(25)28-17-12-14(8-9-15(13)17)24-19(26)16(22)7-5-6-10-23-20(27)29-21(2,3)4/h8-9,11-12,16H,5-7,10,22H2,1-4H3,(H,23,27)(H,24,26). The van der Waals surface area contributed by atoms with Crippen molar-refractivity contribution in [3.63, 3.8) is 0 Å². The van der Waals surface area contributed by atoms with Gasteiger partial charge in [-0.2, -0.15) is 0 Å². The van der Waals surface area contributed by atoms with Crippen molar-refractivity contribution in [3.8, 4) is 0 Å². The molecule has 4 N–H and O–H groups in total. The van der Waals surface area contributed by atoms with E-state index in [1.807, 2.05) is 6.92 Å². The van der Waals surface area contributed by atoms with E-state index in [0.29, 0.717) is 37.1 Å². The summed E-state index contributed by atoms with van der Waals surface area (Å²) in [6.45, 7) is 7.68. The molecule has 1 heterocycles. The average Bonchev–Trinajstić information content (AvgIpc) is 2.59. The van der Waals surface area contributed by atoms with E-state index in [9.17, 15) is 14.4 Å². The number of rotatable bonds is 7. The zero-order valence-corrected chi connectivity index (χ0v) is 17.3. The summed E-state index contributed by atoms with van der Waals surface area (Å²) in [4.78, 5) is 35.4. The first-order valence-electron chi connectivity index (χ1n) is 9.63. The molecule has 0 fully saturated rings. The number of nitrogens with two attached hydrogens (primary N) is 1. The molecule has 0 saturated heterocycles. The van der Waals surface area contributed by atoms with E-state index in [1.165, 1.54) is 6.07 Å². The molecule has 0 spiro atoms. The molecule has 1 unspecified atom stereocenters. The Hall–Kier alpha value is -2.87. The van der Waals surface area contributed by atoms with Gasteiger partial charge in [-0.25, -0.2) is 9.59 Å². The van der Waals surface area contributed by atoms with Crippen LogP contribution in [-0.4, -0.2) is 30.2 Å². The molecule has 8 heteroatoms. The highest BCUT2D eigenvalue weighted by Gasteiger charge is 2.16. The lowest BCUT2D eigenvalue weighted by atomic mass is 10.1. The molecule has 1 aromatic heterocycles. The van der Waals surface area contributed by atoms with Crippen LogP contribution in [-0.2, 0) is 9.53 Å². The topological polar surface area (TPSA) is 124 Å². The van der Waals surface area contributed by atoms with Crippen molar-refractivity contribution in [2.75, 3.05) is 11.9 Å². The van der Waals surface area contributed by atoms with Gasteiger partial charge in [-0.3, -0.25) is 4.79 Å². The number of nitrogens with one attached hydrogen (secondary N) is 2. The summed E-state index contributed by atoms with van der Waals surface area (Å²) in [5, 5.41) is 6.22. The van der Waals surface area contributed by atoms with E-state index in [2.05, 4.69) is 10.6 Å². The number of unbranched alkanes of at least 4 members (excludes halogenated alkanes) is 1. The lowest BCUT2D eigenvalue weighted by molar-refractivity contribution is -0.117. The Morgan fingerprint density at radius 1 is 1.21 bits per heavy atom. The first-order chi connectivity index (χ1) is 13.5. The van der Waals surface area contributed by atoms with E-state index < -0.39 is 23.4 Å². The van der Waals surface area contributed by atoms with Crippen LogP contribution in [0.4, 0.5) is 10.5 Å². The number of aryl methyl sites for hydroxylation is 1. The van der Waals surface area contributed by atoms with Crippen LogP contribution in [0.15, 0.2) is 33.5 Å². The molecular weight excluding hydrogens is 374 g/mol. The quantitative estimate of drug-likeness (QED) is 0.482. The first-order valence-corrected chi connectivity index (χ1v) is 9.63. The lowest BCUT2D eigenvalue weighted by Gasteiger charge is -2.19. The predicted molar refractivity (Wildman–Crippen MR) is 112 cm³/mol. The number of hydrogen-bond donors (Lipinski definition) is 3. The van der Waals surface area contributed by atoms with Gasteiger partial charge in [0.25, 0.3) is 0 Å². The third-order valence-electron chi connectivity index (χ3n) is 4.17. The van der Waals surface area contributed by atoms with Crippen molar-refractivity contribution in [1.29, 1.82) is 0 Å². The molecule has 8 nitrogen and oxygen atoms in total. The predicted octanol–water partition coefficient (Wildman–Crippen LogP) is 3.06. The van der Waals surface area contributed by atoms with Crippen LogP contribution < -0.4 is 22.0 Å². The number of ether oxygens (including phenoxy) is 1. The van der Waals surface area contributed by atoms with Gasteiger partial charge in [-0.15, -0.1) is 0 Å². The molecular formula is C21H29N3O5. The number of fused-ring (bicyclic) bond motifs is 1. The highest BCUT2D eigenvalue weighted by atomic mass is 16.6. The number of carbonyl (C=O) groups is 2. The Balaban J connectivity index is 1.78. The number of hydrogen-bond acceptors (Lipinski definition) is 6. The molecule has 0 aliphatic heterocycles. The van der Waals surface area contributed by atoms with Crippen molar-refractivity contribution < 1.29 is 18.7 Å². The molecule has 1 atom stereocenters. The summed E-state index contributed by atoms with van der Waals surface area (Å²) >= 11 is 0. The third kappa shape index (κ3) is 7.23. The summed E-state index contributed by atoms with van der Waals surface area (Å²) in [5.41, 5.74) is 6.72. The van der Waals surface area contributed by atoms with Gasteiger partial charge < -0.3 is 25.5 Å². The maximum Gasteiger partial charge on any atom is 0.407 e. The molecule has 29 heavy (non-hydrogen) atoms. The fourth-order valence-electron chi connectivity index (χ4n) is 2.76. The van der Waals surface area contributed by atoms with E-state index >= 15 is 0 Å². The third-order valence-corrected chi connectivity index (χ3v) is 4.17. The van der Waals surface area contributed by atoms with E-state index in [0.717, 1.165) is 10.9 Å². The fraction of sp³-hybridized carbons (Fsp3) is 0.476. The number of amides is 2. The molecule has 158 valence electrons. The van der Waals surface area contributed by atoms with Gasteiger partial charge in [0.05, 0.1) is 6.04 Å². The smallest absolute Gasteiger partial charge is 0.407 e. The molecule has 2 rings (SSSR count). The van der Waals surface area contributed by atoms with E-state index in [4.69, 9.17) is 14.9 Å². The normalized spacial score (nSPS) is 12.4. The monoisotopic (exact) mass is 403 g/mol. The zero-order chi connectivity index (χ0) is 21.6. The molecule has 0 saturated carbocycles. The minimum Gasteiger partial charge on any atom is -0.444 e. The van der Waals surface area contributed by atoms with Crippen molar-refractivity contribution in [3.05, 3.63) is 40.2 Å². The molecule has 2 aromatic rings. The highest BCUT2D eigenvalue weighted by molar-refractivity contribution is 5.96. The minimum absolute atomic E-state index is 0.320. The minimum atomic E-state index is -0.684. The Labute approximate surface area is 169 Å². The van der Waals surface area contributed by atoms with Gasteiger partial charge in [-0.05, 0) is 64.7 Å². The van der Waals surface area contributed by atoms with Gasteiger partial charge >= 0.3 is 11.7 Å². The van der Waals surface area contributed by atoms with Crippen LogP contribution in [0.2, 0.25) is 0 Å². The Bertz CT molecular complexity index is 930. The van der Waals surface area contributed by atoms with E-state index in [-0.39, 0.29) is 5.91 Å². The van der Waals surface area contributed by atoms with Crippen LogP contribution in [0.3, 0.4) is 0 Å². The zero-order valence-electron chi connectivity index (χ0n) is 17.3.